The van der Waals surface area contributed by atoms with Crippen molar-refractivity contribution >= 4 is 29.1 Å². The van der Waals surface area contributed by atoms with Crippen molar-refractivity contribution in [3.8, 4) is 5.75 Å². The van der Waals surface area contributed by atoms with Gasteiger partial charge in [0.25, 0.3) is 5.56 Å². The molecule has 2 aliphatic rings. The first-order valence-corrected chi connectivity index (χ1v) is 13.5. The van der Waals surface area contributed by atoms with Gasteiger partial charge in [0.1, 0.15) is 5.75 Å². The molecule has 9 heteroatoms. The third-order valence-electron chi connectivity index (χ3n) is 6.58. The summed E-state index contributed by atoms with van der Waals surface area (Å²) in [7, 11) is 1.60. The number of carbonyl (C=O) groups excluding carboxylic acids is 1. The number of esters is 1. The zero-order valence-corrected chi connectivity index (χ0v) is 22.8. The average Bonchev–Trinajstić information content (AvgIpc) is 3.22. The van der Waals surface area contributed by atoms with Gasteiger partial charge in [-0.2, -0.15) is 0 Å². The summed E-state index contributed by atoms with van der Waals surface area (Å²) in [5.41, 5.74) is 3.53. The number of aromatic nitrogens is 1. The van der Waals surface area contributed by atoms with Crippen LogP contribution in [0.3, 0.4) is 0 Å². The maximum Gasteiger partial charge on any atom is 0.338 e. The van der Waals surface area contributed by atoms with Crippen molar-refractivity contribution in [2.75, 3.05) is 38.3 Å². The Morgan fingerprint density at radius 1 is 1.11 bits per heavy atom. The standard InChI is InChI=1S/C29H31N3O5S/c1-18(2)37-28(34)25-19(3)30-29-32(26(25)21-7-11-23(35-4)12-8-21)27(33)24(38-29)17-20-5-9-22(10-6-20)31-13-15-36-16-14-31/h5-12,17-18,26H,13-16H2,1-4H3/b24-17+/t26-/m1/s1. The number of benzene rings is 2. The molecule has 0 amide bonds. The zero-order chi connectivity index (χ0) is 26.8. The maximum atomic E-state index is 13.8. The first kappa shape index (κ1) is 25.9. The number of thiazole rings is 1. The van der Waals surface area contributed by atoms with E-state index in [4.69, 9.17) is 14.2 Å². The molecule has 3 heterocycles. The van der Waals surface area contributed by atoms with Gasteiger partial charge in [0.2, 0.25) is 0 Å². The second kappa shape index (κ2) is 11.0. The quantitative estimate of drug-likeness (QED) is 0.453. The van der Waals surface area contributed by atoms with Crippen molar-refractivity contribution in [2.24, 2.45) is 4.99 Å². The number of hydrogen-bond donors (Lipinski definition) is 0. The molecule has 0 saturated carbocycles. The molecule has 0 bridgehead atoms. The number of ether oxygens (including phenoxy) is 3. The van der Waals surface area contributed by atoms with E-state index in [1.165, 1.54) is 11.3 Å². The highest BCUT2D eigenvalue weighted by Gasteiger charge is 2.33. The highest BCUT2D eigenvalue weighted by Crippen LogP contribution is 2.32. The van der Waals surface area contributed by atoms with Crippen LogP contribution in [-0.2, 0) is 14.3 Å². The van der Waals surface area contributed by atoms with Crippen LogP contribution in [0, 0.1) is 0 Å². The minimum absolute atomic E-state index is 0.200. The van der Waals surface area contributed by atoms with Gasteiger partial charge in [-0.05, 0) is 62.2 Å². The Labute approximate surface area is 225 Å². The molecule has 0 N–H and O–H groups in total. The topological polar surface area (TPSA) is 82.4 Å². The summed E-state index contributed by atoms with van der Waals surface area (Å²) in [5.74, 6) is 0.212. The minimum Gasteiger partial charge on any atom is -0.497 e. The Morgan fingerprint density at radius 3 is 2.42 bits per heavy atom. The fourth-order valence-corrected chi connectivity index (χ4v) is 5.76. The van der Waals surface area contributed by atoms with Crippen molar-refractivity contribution in [3.63, 3.8) is 0 Å². The van der Waals surface area contributed by atoms with Crippen molar-refractivity contribution in [1.82, 2.24) is 4.57 Å². The molecule has 8 nitrogen and oxygen atoms in total. The number of morpholine rings is 1. The van der Waals surface area contributed by atoms with Gasteiger partial charge in [0, 0.05) is 18.8 Å². The fraction of sp³-hybridized carbons (Fsp3) is 0.345. The van der Waals surface area contributed by atoms with Crippen LogP contribution in [0.25, 0.3) is 6.08 Å². The lowest BCUT2D eigenvalue weighted by atomic mass is 9.96. The third-order valence-corrected chi connectivity index (χ3v) is 7.57. The van der Waals surface area contributed by atoms with Crippen molar-refractivity contribution < 1.29 is 19.0 Å². The van der Waals surface area contributed by atoms with Crippen LogP contribution < -0.4 is 24.5 Å². The summed E-state index contributed by atoms with van der Waals surface area (Å²) in [5, 5.41) is 0. The van der Waals surface area contributed by atoms with Crippen molar-refractivity contribution in [2.45, 2.75) is 32.9 Å². The molecule has 2 aromatic carbocycles. The van der Waals surface area contributed by atoms with Crippen LogP contribution in [-0.4, -0.2) is 50.1 Å². The van der Waals surface area contributed by atoms with Gasteiger partial charge in [-0.1, -0.05) is 35.6 Å². The first-order valence-electron chi connectivity index (χ1n) is 12.7. The van der Waals surface area contributed by atoms with E-state index in [2.05, 4.69) is 22.0 Å². The van der Waals surface area contributed by atoms with Crippen molar-refractivity contribution in [1.29, 1.82) is 0 Å². The Morgan fingerprint density at radius 2 is 1.79 bits per heavy atom. The Bertz CT molecular complexity index is 1530. The molecule has 0 spiro atoms. The summed E-state index contributed by atoms with van der Waals surface area (Å²) in [6.07, 6.45) is 1.58. The summed E-state index contributed by atoms with van der Waals surface area (Å²) < 4.78 is 18.5. The van der Waals surface area contributed by atoms with E-state index in [0.29, 0.717) is 26.4 Å². The molecule has 38 heavy (non-hydrogen) atoms. The van der Waals surface area contributed by atoms with Gasteiger partial charge in [-0.15, -0.1) is 0 Å². The molecule has 3 aromatic rings. The molecule has 1 fully saturated rings. The van der Waals surface area contributed by atoms with Gasteiger partial charge in [0.15, 0.2) is 4.80 Å². The van der Waals surface area contributed by atoms with Gasteiger partial charge in [-0.3, -0.25) is 9.36 Å². The number of rotatable bonds is 6. The van der Waals surface area contributed by atoms with Gasteiger partial charge in [-0.25, -0.2) is 9.79 Å². The maximum absolute atomic E-state index is 13.8. The molecule has 2 aliphatic heterocycles. The predicted molar refractivity (Wildman–Crippen MR) is 147 cm³/mol. The molecule has 0 aliphatic carbocycles. The number of carbonyl (C=O) groups is 1. The van der Waals surface area contributed by atoms with E-state index in [9.17, 15) is 9.59 Å². The minimum atomic E-state index is -0.658. The molecule has 1 atom stereocenters. The Kier molecular flexibility index (Phi) is 7.49. The third kappa shape index (κ3) is 5.16. The lowest BCUT2D eigenvalue weighted by Gasteiger charge is -2.28. The molecule has 198 valence electrons. The van der Waals surface area contributed by atoms with Crippen LogP contribution in [0.15, 0.2) is 69.6 Å². The van der Waals surface area contributed by atoms with Crippen LogP contribution in [0.4, 0.5) is 5.69 Å². The van der Waals surface area contributed by atoms with Crippen LogP contribution in [0.2, 0.25) is 0 Å². The first-order chi connectivity index (χ1) is 18.4. The number of nitrogens with zero attached hydrogens (tertiary/aromatic N) is 3. The lowest BCUT2D eigenvalue weighted by molar-refractivity contribution is -0.143. The lowest BCUT2D eigenvalue weighted by Crippen LogP contribution is -2.40. The molecular formula is C29H31N3O5S. The zero-order valence-electron chi connectivity index (χ0n) is 22.0. The van der Waals surface area contributed by atoms with E-state index in [0.717, 1.165) is 43.1 Å². The van der Waals surface area contributed by atoms with Gasteiger partial charge in [0.05, 0.1) is 48.3 Å². The highest BCUT2D eigenvalue weighted by atomic mass is 32.1. The molecule has 1 saturated heterocycles. The van der Waals surface area contributed by atoms with E-state index < -0.39 is 12.0 Å². The summed E-state index contributed by atoms with van der Waals surface area (Å²) >= 11 is 1.32. The van der Waals surface area contributed by atoms with E-state index >= 15 is 0 Å². The summed E-state index contributed by atoms with van der Waals surface area (Å²) in [6.45, 7) is 8.57. The number of anilines is 1. The molecule has 0 unspecified atom stereocenters. The van der Waals surface area contributed by atoms with Crippen LogP contribution >= 0.6 is 11.3 Å². The van der Waals surface area contributed by atoms with E-state index in [1.54, 1.807) is 32.4 Å². The average molecular weight is 534 g/mol. The van der Waals surface area contributed by atoms with Gasteiger partial charge < -0.3 is 19.1 Å². The van der Waals surface area contributed by atoms with E-state index in [-0.39, 0.29) is 11.7 Å². The fourth-order valence-electron chi connectivity index (χ4n) is 4.72. The SMILES string of the molecule is COc1ccc([C@@H]2C(C(=O)OC(C)C)=C(C)N=c3s/c(=C/c4ccc(N5CCOCC5)cc4)c(=O)n32)cc1. The summed E-state index contributed by atoms with van der Waals surface area (Å²) in [6, 6.07) is 14.9. The molecular weight excluding hydrogens is 502 g/mol. The molecule has 0 radical (unpaired) electrons. The number of allylic oxidation sites excluding steroid dienone is 1. The molecule has 5 rings (SSSR count). The highest BCUT2D eigenvalue weighted by molar-refractivity contribution is 7.07. The number of hydrogen-bond acceptors (Lipinski definition) is 8. The smallest absolute Gasteiger partial charge is 0.338 e. The number of fused-ring (bicyclic) bond motifs is 1. The Balaban J connectivity index is 1.58. The van der Waals surface area contributed by atoms with Crippen molar-refractivity contribution in [3.05, 3.63) is 90.6 Å². The van der Waals surface area contributed by atoms with Gasteiger partial charge >= 0.3 is 5.97 Å². The normalized spacial score (nSPS) is 17.9. The summed E-state index contributed by atoms with van der Waals surface area (Å²) in [4.78, 5) is 34.5. The van der Waals surface area contributed by atoms with E-state index in [1.807, 2.05) is 42.5 Å². The second-order valence-electron chi connectivity index (χ2n) is 9.50. The second-order valence-corrected chi connectivity index (χ2v) is 10.5. The molecule has 1 aromatic heterocycles. The monoisotopic (exact) mass is 533 g/mol. The Hall–Kier alpha value is -3.69. The van der Waals surface area contributed by atoms with Crippen LogP contribution in [0.1, 0.15) is 37.9 Å². The largest absolute Gasteiger partial charge is 0.497 e. The van der Waals surface area contributed by atoms with Crippen LogP contribution in [0.5, 0.6) is 5.75 Å². The number of methoxy groups -OCH3 is 1. The predicted octanol–water partition coefficient (Wildman–Crippen LogP) is 3.03.